The molecule has 1 fully saturated rings. The van der Waals surface area contributed by atoms with E-state index in [1.807, 2.05) is 5.43 Å². The number of nitrogens with one attached hydrogen (secondary N) is 1. The molecule has 0 bridgehead atoms. The number of amides is 2. The molecule has 1 aliphatic rings. The molecule has 1 aliphatic heterocycles. The zero-order valence-electron chi connectivity index (χ0n) is 8.45. The van der Waals surface area contributed by atoms with Gasteiger partial charge in [-0.1, -0.05) is 13.3 Å². The van der Waals surface area contributed by atoms with Gasteiger partial charge >= 0.3 is 11.8 Å². The van der Waals surface area contributed by atoms with Gasteiger partial charge in [0.25, 0.3) is 0 Å². The van der Waals surface area contributed by atoms with Gasteiger partial charge in [-0.2, -0.15) is 0 Å². The second kappa shape index (κ2) is 4.95. The molecule has 0 aliphatic carbocycles. The van der Waals surface area contributed by atoms with Crippen LogP contribution in [0.3, 0.4) is 0 Å². The number of carbonyl (C=O) groups excluding carboxylic acids is 2. The molecule has 0 aromatic carbocycles. The van der Waals surface area contributed by atoms with E-state index in [-0.39, 0.29) is 0 Å². The highest BCUT2D eigenvalue weighted by molar-refractivity contribution is 6.34. The topological polar surface area (TPSA) is 75.4 Å². The van der Waals surface area contributed by atoms with E-state index in [2.05, 4.69) is 6.92 Å². The Hall–Kier alpha value is -1.10. The zero-order valence-corrected chi connectivity index (χ0v) is 8.45. The van der Waals surface area contributed by atoms with Crippen LogP contribution in [0.4, 0.5) is 0 Å². The normalized spacial score (nSPS) is 18.0. The number of hydrogen-bond acceptors (Lipinski definition) is 3. The van der Waals surface area contributed by atoms with Crippen molar-refractivity contribution in [3.63, 3.8) is 0 Å². The average molecular weight is 199 g/mol. The minimum Gasteiger partial charge on any atom is -0.334 e. The molecular weight excluding hydrogens is 182 g/mol. The van der Waals surface area contributed by atoms with E-state index < -0.39 is 11.8 Å². The van der Waals surface area contributed by atoms with Crippen LogP contribution in [-0.2, 0) is 9.59 Å². The van der Waals surface area contributed by atoms with Gasteiger partial charge in [-0.05, 0) is 18.8 Å². The van der Waals surface area contributed by atoms with Crippen LogP contribution in [0.25, 0.3) is 0 Å². The van der Waals surface area contributed by atoms with Crippen molar-refractivity contribution >= 4 is 11.8 Å². The van der Waals surface area contributed by atoms with Gasteiger partial charge in [0.1, 0.15) is 0 Å². The molecule has 1 rings (SSSR count). The van der Waals surface area contributed by atoms with Crippen LogP contribution in [0.1, 0.15) is 26.2 Å². The van der Waals surface area contributed by atoms with E-state index in [0.29, 0.717) is 19.0 Å². The predicted molar refractivity (Wildman–Crippen MR) is 51.9 cm³/mol. The van der Waals surface area contributed by atoms with E-state index in [0.717, 1.165) is 19.3 Å². The molecule has 5 heteroatoms. The molecule has 0 unspecified atom stereocenters. The van der Waals surface area contributed by atoms with Crippen LogP contribution in [0.2, 0.25) is 0 Å². The molecule has 80 valence electrons. The van der Waals surface area contributed by atoms with Crippen LogP contribution in [-0.4, -0.2) is 29.8 Å². The summed E-state index contributed by atoms with van der Waals surface area (Å²) in [5, 5.41) is 0. The van der Waals surface area contributed by atoms with Crippen molar-refractivity contribution in [3.05, 3.63) is 0 Å². The Bertz CT molecular complexity index is 222. The number of nitrogens with two attached hydrogens (primary N) is 1. The summed E-state index contributed by atoms with van der Waals surface area (Å²) in [6.45, 7) is 3.49. The van der Waals surface area contributed by atoms with E-state index in [1.165, 1.54) is 0 Å². The van der Waals surface area contributed by atoms with Gasteiger partial charge in [0.2, 0.25) is 0 Å². The fourth-order valence-corrected chi connectivity index (χ4v) is 1.75. The van der Waals surface area contributed by atoms with Gasteiger partial charge in [-0.15, -0.1) is 0 Å². The van der Waals surface area contributed by atoms with Crippen molar-refractivity contribution in [2.45, 2.75) is 26.2 Å². The number of likely N-dealkylation sites (tertiary alicyclic amines) is 1. The highest BCUT2D eigenvalue weighted by Gasteiger charge is 2.25. The largest absolute Gasteiger partial charge is 0.334 e. The summed E-state index contributed by atoms with van der Waals surface area (Å²) in [5.74, 6) is 4.35. The molecule has 2 amide bonds. The highest BCUT2D eigenvalue weighted by Crippen LogP contribution is 2.19. The van der Waals surface area contributed by atoms with E-state index in [1.54, 1.807) is 4.90 Å². The van der Waals surface area contributed by atoms with Gasteiger partial charge in [0.15, 0.2) is 0 Å². The van der Waals surface area contributed by atoms with Crippen LogP contribution >= 0.6 is 0 Å². The summed E-state index contributed by atoms with van der Waals surface area (Å²) >= 11 is 0. The quantitative estimate of drug-likeness (QED) is 0.262. The molecular formula is C9H17N3O2. The second-order valence-corrected chi connectivity index (χ2v) is 3.62. The summed E-state index contributed by atoms with van der Waals surface area (Å²) in [5.41, 5.74) is 1.86. The predicted octanol–water partition coefficient (Wildman–Crippen LogP) is -0.375. The first-order valence-corrected chi connectivity index (χ1v) is 4.98. The monoisotopic (exact) mass is 199 g/mol. The van der Waals surface area contributed by atoms with Crippen molar-refractivity contribution in [2.75, 3.05) is 13.1 Å². The summed E-state index contributed by atoms with van der Waals surface area (Å²) in [6, 6.07) is 0. The molecule has 0 aromatic heterocycles. The second-order valence-electron chi connectivity index (χ2n) is 3.62. The Kier molecular flexibility index (Phi) is 3.88. The van der Waals surface area contributed by atoms with Crippen molar-refractivity contribution in [2.24, 2.45) is 11.8 Å². The molecule has 5 nitrogen and oxygen atoms in total. The maximum Gasteiger partial charge on any atom is 0.323 e. The van der Waals surface area contributed by atoms with Crippen LogP contribution in [0.15, 0.2) is 0 Å². The average Bonchev–Trinajstić information content (AvgIpc) is 2.27. The van der Waals surface area contributed by atoms with Gasteiger partial charge in [0.05, 0.1) is 0 Å². The minimum absolute atomic E-state index is 0.512. The first kappa shape index (κ1) is 11.0. The number of rotatable bonds is 1. The maximum absolute atomic E-state index is 11.4. The lowest BCUT2D eigenvalue weighted by Gasteiger charge is -2.30. The van der Waals surface area contributed by atoms with Crippen molar-refractivity contribution in [3.8, 4) is 0 Å². The summed E-state index contributed by atoms with van der Waals surface area (Å²) < 4.78 is 0. The fraction of sp³-hybridized carbons (Fsp3) is 0.778. The number of nitrogens with zero attached hydrogens (tertiary/aromatic N) is 1. The lowest BCUT2D eigenvalue weighted by atomic mass is 9.94. The Labute approximate surface area is 83.6 Å². The molecule has 3 N–H and O–H groups in total. The summed E-state index contributed by atoms with van der Waals surface area (Å²) in [7, 11) is 0. The minimum atomic E-state index is -0.722. The number of hydrazine groups is 1. The molecule has 0 radical (unpaired) electrons. The number of piperidine rings is 1. The Balaban J connectivity index is 2.41. The SMILES string of the molecule is CCC1CCN(C(=O)C(=O)NN)CC1. The fourth-order valence-electron chi connectivity index (χ4n) is 1.75. The van der Waals surface area contributed by atoms with Crippen molar-refractivity contribution in [1.82, 2.24) is 10.3 Å². The third-order valence-electron chi connectivity index (χ3n) is 2.80. The van der Waals surface area contributed by atoms with Gasteiger partial charge in [0, 0.05) is 13.1 Å². The summed E-state index contributed by atoms with van der Waals surface area (Å²) in [4.78, 5) is 23.9. The van der Waals surface area contributed by atoms with Crippen molar-refractivity contribution in [1.29, 1.82) is 0 Å². The summed E-state index contributed by atoms with van der Waals surface area (Å²) in [6.07, 6.45) is 3.12. The lowest BCUT2D eigenvalue weighted by molar-refractivity contribution is -0.146. The van der Waals surface area contributed by atoms with E-state index in [4.69, 9.17) is 5.84 Å². The Morgan fingerprint density at radius 2 is 2.00 bits per heavy atom. The molecule has 1 heterocycles. The van der Waals surface area contributed by atoms with E-state index >= 15 is 0 Å². The van der Waals surface area contributed by atoms with E-state index in [9.17, 15) is 9.59 Å². The first-order valence-electron chi connectivity index (χ1n) is 4.98. The van der Waals surface area contributed by atoms with Crippen LogP contribution < -0.4 is 11.3 Å². The third kappa shape index (κ3) is 2.45. The zero-order chi connectivity index (χ0) is 10.6. The van der Waals surface area contributed by atoms with Gasteiger partial charge in [-0.25, -0.2) is 5.84 Å². The standard InChI is InChI=1S/C9H17N3O2/c1-2-7-3-5-12(6-4-7)9(14)8(13)11-10/h7H,2-6,10H2,1H3,(H,11,13). The maximum atomic E-state index is 11.4. The van der Waals surface area contributed by atoms with Crippen LogP contribution in [0, 0.1) is 5.92 Å². The van der Waals surface area contributed by atoms with Crippen LogP contribution in [0.5, 0.6) is 0 Å². The number of hydrogen-bond donors (Lipinski definition) is 2. The van der Waals surface area contributed by atoms with Gasteiger partial charge in [-0.3, -0.25) is 15.0 Å². The molecule has 0 atom stereocenters. The number of carbonyl (C=O) groups is 2. The highest BCUT2D eigenvalue weighted by atomic mass is 16.2. The lowest BCUT2D eigenvalue weighted by Crippen LogP contribution is -2.48. The van der Waals surface area contributed by atoms with Crippen molar-refractivity contribution < 1.29 is 9.59 Å². The molecule has 1 saturated heterocycles. The molecule has 0 aromatic rings. The Morgan fingerprint density at radius 3 is 2.43 bits per heavy atom. The smallest absolute Gasteiger partial charge is 0.323 e. The molecule has 0 saturated carbocycles. The molecule has 14 heavy (non-hydrogen) atoms. The molecule has 0 spiro atoms. The third-order valence-corrected chi connectivity index (χ3v) is 2.80. The Morgan fingerprint density at radius 1 is 1.43 bits per heavy atom. The van der Waals surface area contributed by atoms with Gasteiger partial charge < -0.3 is 4.90 Å². The first-order chi connectivity index (χ1) is 6.69.